The van der Waals surface area contributed by atoms with Crippen molar-refractivity contribution in [3.8, 4) is 0 Å². The summed E-state index contributed by atoms with van der Waals surface area (Å²) in [5.41, 5.74) is 0.609. The Kier molecular flexibility index (Phi) is 14.3. The van der Waals surface area contributed by atoms with Crippen LogP contribution in [0, 0.1) is 0 Å². The van der Waals surface area contributed by atoms with Gasteiger partial charge in [0, 0.05) is 11.1 Å². The van der Waals surface area contributed by atoms with E-state index in [1.807, 2.05) is 0 Å². The minimum atomic E-state index is -0.935. The maximum Gasteiger partial charge on any atom is 1.00 e. The zero-order chi connectivity index (χ0) is 11.0. The average Bonchev–Trinajstić information content (AvgIpc) is 2.03. The van der Waals surface area contributed by atoms with Gasteiger partial charge in [0.2, 0.25) is 0 Å². The molecule has 0 saturated heterocycles. The van der Waals surface area contributed by atoms with Crippen molar-refractivity contribution >= 4 is 11.9 Å². The molecule has 0 aromatic rings. The summed E-state index contributed by atoms with van der Waals surface area (Å²) in [5, 5.41) is 7.89. The maximum atomic E-state index is 10.2. The van der Waals surface area contributed by atoms with E-state index in [0.717, 1.165) is 0 Å². The van der Waals surface area contributed by atoms with Gasteiger partial charge in [-0.1, -0.05) is 13.2 Å². The molecule has 0 aliphatic heterocycles. The van der Waals surface area contributed by atoms with Crippen LogP contribution in [0.5, 0.6) is 0 Å². The van der Waals surface area contributed by atoms with Gasteiger partial charge in [0.25, 0.3) is 0 Å². The van der Waals surface area contributed by atoms with Gasteiger partial charge >= 0.3 is 41.5 Å². The Morgan fingerprint density at radius 3 is 1.50 bits per heavy atom. The topological polar surface area (TPSA) is 63.6 Å². The van der Waals surface area contributed by atoms with Gasteiger partial charge < -0.3 is 11.3 Å². The van der Waals surface area contributed by atoms with E-state index < -0.39 is 5.97 Å². The Hall–Kier alpha value is -0.580. The molecule has 0 saturated carbocycles. The number of carboxylic acid groups (broad SMARTS) is 1. The predicted octanol–water partition coefficient (Wildman–Crippen LogP) is -1.50. The summed E-state index contributed by atoms with van der Waals surface area (Å²) in [6.07, 6.45) is 0. The van der Waals surface area contributed by atoms with Gasteiger partial charge in [-0.05, 0) is 13.8 Å². The molecule has 0 fully saturated rings. The van der Waals surface area contributed by atoms with Crippen LogP contribution in [0.15, 0.2) is 24.3 Å². The molecular weight excluding hydrogens is 195 g/mol. The maximum absolute atomic E-state index is 10.2. The number of carboxylic acids is 1. The van der Waals surface area contributed by atoms with Crippen LogP contribution in [0.2, 0.25) is 0 Å². The third kappa shape index (κ3) is 14.0. The second-order valence-electron chi connectivity index (χ2n) is 2.36. The Balaban J connectivity index is -0.0000000718. The standard InChI is InChI=1S/C5H8O2.C4H6O2.Na.H/c1-4(2)5(6)7-3;1-3(2)4(5)6;;/h1H2,2-3H3;1H2,2H3,(H,5,6);;/q;;+1;-1. The van der Waals surface area contributed by atoms with Crippen LogP contribution in [0.1, 0.15) is 15.3 Å². The van der Waals surface area contributed by atoms with E-state index in [-0.39, 0.29) is 42.5 Å². The first-order valence-corrected chi connectivity index (χ1v) is 3.45. The van der Waals surface area contributed by atoms with Crippen molar-refractivity contribution in [3.63, 3.8) is 0 Å². The third-order valence-electron chi connectivity index (χ3n) is 0.899. The van der Waals surface area contributed by atoms with Gasteiger partial charge in [-0.15, -0.1) is 0 Å². The molecule has 0 aromatic carbocycles. The Labute approximate surface area is 107 Å². The monoisotopic (exact) mass is 210 g/mol. The molecule has 0 aliphatic rings. The number of rotatable bonds is 2. The molecule has 0 heterocycles. The first-order chi connectivity index (χ1) is 5.82. The Morgan fingerprint density at radius 2 is 1.50 bits per heavy atom. The van der Waals surface area contributed by atoms with Crippen molar-refractivity contribution in [1.29, 1.82) is 0 Å². The zero-order valence-electron chi connectivity index (χ0n) is 10.1. The van der Waals surface area contributed by atoms with Crippen molar-refractivity contribution in [3.05, 3.63) is 24.3 Å². The Morgan fingerprint density at radius 1 is 1.21 bits per heavy atom. The fourth-order valence-electron chi connectivity index (χ4n) is 0.174. The van der Waals surface area contributed by atoms with Gasteiger partial charge in [-0.25, -0.2) is 9.59 Å². The third-order valence-corrected chi connectivity index (χ3v) is 0.899. The first kappa shape index (κ1) is 19.1. The number of carbonyl (C=O) groups is 2. The average molecular weight is 210 g/mol. The van der Waals surface area contributed by atoms with Crippen LogP contribution >= 0.6 is 0 Å². The summed E-state index contributed by atoms with van der Waals surface area (Å²) in [6, 6.07) is 0. The van der Waals surface area contributed by atoms with Crippen LogP contribution in [-0.2, 0) is 14.3 Å². The number of hydrogen-bond acceptors (Lipinski definition) is 3. The summed E-state index contributed by atoms with van der Waals surface area (Å²) >= 11 is 0. The van der Waals surface area contributed by atoms with E-state index in [0.29, 0.717) is 5.57 Å². The number of carbonyl (C=O) groups excluding carboxylic acids is 1. The molecule has 76 valence electrons. The molecule has 0 rings (SSSR count). The largest absolute Gasteiger partial charge is 1.00 e. The number of ether oxygens (including phenoxy) is 1. The Bertz CT molecular complexity index is 226. The van der Waals surface area contributed by atoms with E-state index in [9.17, 15) is 9.59 Å². The molecule has 0 unspecified atom stereocenters. The normalized spacial score (nSPS) is 7.07. The quantitative estimate of drug-likeness (QED) is 0.342. The van der Waals surface area contributed by atoms with Crippen LogP contribution < -0.4 is 29.6 Å². The van der Waals surface area contributed by atoms with E-state index in [4.69, 9.17) is 5.11 Å². The van der Waals surface area contributed by atoms with Crippen LogP contribution in [0.4, 0.5) is 0 Å². The smallest absolute Gasteiger partial charge is 1.00 e. The minimum Gasteiger partial charge on any atom is -1.00 e. The predicted molar refractivity (Wildman–Crippen MR) is 50.4 cm³/mol. The second-order valence-corrected chi connectivity index (χ2v) is 2.36. The number of esters is 1. The number of methoxy groups -OCH3 is 1. The van der Waals surface area contributed by atoms with Crippen LogP contribution in [-0.4, -0.2) is 24.2 Å². The van der Waals surface area contributed by atoms with Crippen molar-refractivity contribution in [2.45, 2.75) is 13.8 Å². The molecule has 0 aromatic heterocycles. The number of hydrogen-bond donors (Lipinski definition) is 1. The first-order valence-electron chi connectivity index (χ1n) is 3.45. The van der Waals surface area contributed by atoms with Crippen molar-refractivity contribution in [2.24, 2.45) is 0 Å². The van der Waals surface area contributed by atoms with Crippen molar-refractivity contribution in [1.82, 2.24) is 0 Å². The number of aliphatic carboxylic acids is 1. The fraction of sp³-hybridized carbons (Fsp3) is 0.333. The molecule has 0 amide bonds. The summed E-state index contributed by atoms with van der Waals surface area (Å²) in [7, 11) is 1.33. The SMILES string of the molecule is C=C(C)C(=O)O.C=C(C)C(=O)OC.[H-].[Na+]. The molecule has 0 radical (unpaired) electrons. The fourth-order valence-corrected chi connectivity index (χ4v) is 0.174. The molecular formula is C9H15NaO4. The van der Waals surface area contributed by atoms with Crippen molar-refractivity contribution < 1.29 is 50.4 Å². The van der Waals surface area contributed by atoms with Gasteiger partial charge in [0.05, 0.1) is 7.11 Å². The minimum absolute atomic E-state index is 0. The zero-order valence-corrected chi connectivity index (χ0v) is 11.1. The van der Waals surface area contributed by atoms with Gasteiger partial charge in [-0.2, -0.15) is 0 Å². The van der Waals surface area contributed by atoms with Crippen LogP contribution in [0.3, 0.4) is 0 Å². The van der Waals surface area contributed by atoms with E-state index in [1.54, 1.807) is 6.92 Å². The van der Waals surface area contributed by atoms with Gasteiger partial charge in [0.15, 0.2) is 0 Å². The summed E-state index contributed by atoms with van der Waals surface area (Å²) in [5.74, 6) is -1.28. The molecule has 14 heavy (non-hydrogen) atoms. The molecule has 0 aliphatic carbocycles. The van der Waals surface area contributed by atoms with Gasteiger partial charge in [0.1, 0.15) is 0 Å². The van der Waals surface area contributed by atoms with E-state index >= 15 is 0 Å². The molecule has 1 N–H and O–H groups in total. The summed E-state index contributed by atoms with van der Waals surface area (Å²) in [6.45, 7) is 9.56. The second kappa shape index (κ2) is 10.5. The van der Waals surface area contributed by atoms with Crippen molar-refractivity contribution in [2.75, 3.05) is 7.11 Å². The molecule has 0 atom stereocenters. The summed E-state index contributed by atoms with van der Waals surface area (Å²) in [4.78, 5) is 19.8. The molecule has 0 bridgehead atoms. The van der Waals surface area contributed by atoms with Crippen LogP contribution in [0.25, 0.3) is 0 Å². The molecule has 5 heteroatoms. The molecule has 4 nitrogen and oxygen atoms in total. The van der Waals surface area contributed by atoms with E-state index in [2.05, 4.69) is 17.9 Å². The molecule has 0 spiro atoms. The van der Waals surface area contributed by atoms with Gasteiger partial charge in [-0.3, -0.25) is 0 Å². The summed E-state index contributed by atoms with van der Waals surface area (Å²) < 4.78 is 4.27. The van der Waals surface area contributed by atoms with E-state index in [1.165, 1.54) is 14.0 Å².